The standard InChI is InChI=1S/C24H19BrO5/c1-13(22(26)15-7-10-16(25)11-8-15)19-20-17-6-4-3-5-14(17)9-12-18(20)30-24(28)21(19)23(27)29-2/h3-13,19,21H,1-2H3/t13-,19+,21+/m1/s1. The molecule has 0 spiro atoms. The first kappa shape index (κ1) is 20.3. The molecule has 0 bridgehead atoms. The van der Waals surface area contributed by atoms with Crippen molar-refractivity contribution in [1.82, 2.24) is 0 Å². The van der Waals surface area contributed by atoms with Gasteiger partial charge in [-0.25, -0.2) is 0 Å². The highest BCUT2D eigenvalue weighted by Crippen LogP contribution is 2.47. The molecule has 5 nitrogen and oxygen atoms in total. The number of halogens is 1. The number of benzene rings is 3. The van der Waals surface area contributed by atoms with Gasteiger partial charge in [-0.05, 0) is 29.0 Å². The molecule has 1 heterocycles. The molecule has 0 aromatic heterocycles. The maximum atomic E-state index is 13.3. The summed E-state index contributed by atoms with van der Waals surface area (Å²) >= 11 is 3.37. The van der Waals surface area contributed by atoms with Crippen LogP contribution in [0, 0.1) is 11.8 Å². The lowest BCUT2D eigenvalue weighted by atomic mass is 9.72. The average molecular weight is 467 g/mol. The van der Waals surface area contributed by atoms with E-state index in [1.807, 2.05) is 30.3 Å². The summed E-state index contributed by atoms with van der Waals surface area (Å²) in [6.45, 7) is 1.75. The lowest BCUT2D eigenvalue weighted by Gasteiger charge is -2.34. The molecule has 3 atom stereocenters. The molecule has 0 fully saturated rings. The Hall–Kier alpha value is -2.99. The molecule has 3 aromatic carbocycles. The van der Waals surface area contributed by atoms with Crippen molar-refractivity contribution in [1.29, 1.82) is 0 Å². The third kappa shape index (κ3) is 3.41. The van der Waals surface area contributed by atoms with Gasteiger partial charge in [0.15, 0.2) is 11.7 Å². The minimum atomic E-state index is -1.22. The van der Waals surface area contributed by atoms with Gasteiger partial charge in [-0.15, -0.1) is 0 Å². The van der Waals surface area contributed by atoms with Gasteiger partial charge in [0.1, 0.15) is 5.75 Å². The second kappa shape index (κ2) is 8.03. The zero-order valence-electron chi connectivity index (χ0n) is 16.4. The number of Topliss-reactive ketones (excluding diaryl/α,β-unsaturated/α-hetero) is 1. The molecule has 0 N–H and O–H groups in total. The molecule has 0 amide bonds. The number of ketones is 1. The summed E-state index contributed by atoms with van der Waals surface area (Å²) in [5, 5.41) is 1.78. The highest BCUT2D eigenvalue weighted by molar-refractivity contribution is 9.10. The van der Waals surface area contributed by atoms with Crippen molar-refractivity contribution in [2.75, 3.05) is 7.11 Å². The van der Waals surface area contributed by atoms with Crippen molar-refractivity contribution in [2.24, 2.45) is 11.8 Å². The van der Waals surface area contributed by atoms with Crippen molar-refractivity contribution >= 4 is 44.4 Å². The molecule has 3 aromatic rings. The number of ether oxygens (including phenoxy) is 2. The molecule has 4 rings (SSSR count). The van der Waals surface area contributed by atoms with E-state index in [0.717, 1.165) is 15.2 Å². The predicted molar refractivity (Wildman–Crippen MR) is 115 cm³/mol. The quantitative estimate of drug-likeness (QED) is 0.236. The van der Waals surface area contributed by atoms with Gasteiger partial charge in [0, 0.05) is 27.4 Å². The number of hydrogen-bond donors (Lipinski definition) is 0. The van der Waals surface area contributed by atoms with Gasteiger partial charge in [-0.1, -0.05) is 65.3 Å². The van der Waals surface area contributed by atoms with Crippen LogP contribution in [0.4, 0.5) is 0 Å². The second-order valence-electron chi connectivity index (χ2n) is 7.31. The Bertz CT molecular complexity index is 1150. The van der Waals surface area contributed by atoms with Crippen LogP contribution in [0.1, 0.15) is 28.8 Å². The monoisotopic (exact) mass is 466 g/mol. The molecule has 6 heteroatoms. The Morgan fingerprint density at radius 1 is 1.03 bits per heavy atom. The number of esters is 2. The van der Waals surface area contributed by atoms with E-state index in [1.165, 1.54) is 7.11 Å². The molecule has 0 radical (unpaired) electrons. The van der Waals surface area contributed by atoms with Gasteiger partial charge in [-0.3, -0.25) is 14.4 Å². The van der Waals surface area contributed by atoms with Gasteiger partial charge in [-0.2, -0.15) is 0 Å². The number of carbonyl (C=O) groups excluding carboxylic acids is 3. The summed E-state index contributed by atoms with van der Waals surface area (Å²) in [5.41, 5.74) is 1.19. The van der Waals surface area contributed by atoms with Gasteiger partial charge < -0.3 is 9.47 Å². The normalized spacial score (nSPS) is 19.0. The van der Waals surface area contributed by atoms with Crippen LogP contribution in [0.15, 0.2) is 65.1 Å². The van der Waals surface area contributed by atoms with Crippen LogP contribution < -0.4 is 4.74 Å². The maximum absolute atomic E-state index is 13.3. The number of rotatable bonds is 4. The van der Waals surface area contributed by atoms with Crippen LogP contribution in [-0.2, 0) is 14.3 Å². The van der Waals surface area contributed by atoms with Crippen molar-refractivity contribution in [3.8, 4) is 5.75 Å². The van der Waals surface area contributed by atoms with Crippen LogP contribution in [-0.4, -0.2) is 24.8 Å². The van der Waals surface area contributed by atoms with Crippen LogP contribution in [0.25, 0.3) is 10.8 Å². The molecule has 0 unspecified atom stereocenters. The molecular weight excluding hydrogens is 448 g/mol. The SMILES string of the molecule is COC(=O)[C@H]1C(=O)Oc2ccc3ccccc3c2[C@@H]1[C@@H](C)C(=O)c1ccc(Br)cc1. The zero-order chi connectivity index (χ0) is 21.4. The summed E-state index contributed by atoms with van der Waals surface area (Å²) in [7, 11) is 1.23. The molecule has 0 saturated carbocycles. The minimum Gasteiger partial charge on any atom is -0.468 e. The highest BCUT2D eigenvalue weighted by Gasteiger charge is 2.48. The van der Waals surface area contributed by atoms with E-state index in [9.17, 15) is 14.4 Å². The van der Waals surface area contributed by atoms with Crippen molar-refractivity contribution in [3.05, 3.63) is 76.3 Å². The van der Waals surface area contributed by atoms with Crippen molar-refractivity contribution in [2.45, 2.75) is 12.8 Å². The molecule has 152 valence electrons. The van der Waals surface area contributed by atoms with E-state index >= 15 is 0 Å². The first-order chi connectivity index (χ1) is 14.4. The summed E-state index contributed by atoms with van der Waals surface area (Å²) < 4.78 is 11.3. The van der Waals surface area contributed by atoms with E-state index in [0.29, 0.717) is 16.9 Å². The number of hydrogen-bond acceptors (Lipinski definition) is 5. The van der Waals surface area contributed by atoms with E-state index < -0.39 is 29.7 Å². The van der Waals surface area contributed by atoms with E-state index in [2.05, 4.69) is 15.9 Å². The van der Waals surface area contributed by atoms with Gasteiger partial charge in [0.2, 0.25) is 0 Å². The number of methoxy groups -OCH3 is 1. The van der Waals surface area contributed by atoms with Crippen molar-refractivity contribution < 1.29 is 23.9 Å². The first-order valence-corrected chi connectivity index (χ1v) is 10.3. The molecule has 1 aliphatic heterocycles. The third-order valence-electron chi connectivity index (χ3n) is 5.62. The van der Waals surface area contributed by atoms with Crippen LogP contribution in [0.5, 0.6) is 5.75 Å². The topological polar surface area (TPSA) is 69.7 Å². The van der Waals surface area contributed by atoms with Crippen LogP contribution >= 0.6 is 15.9 Å². The van der Waals surface area contributed by atoms with Gasteiger partial charge in [0.05, 0.1) is 7.11 Å². The lowest BCUT2D eigenvalue weighted by molar-refractivity contribution is -0.158. The van der Waals surface area contributed by atoms with E-state index in [1.54, 1.807) is 37.3 Å². The second-order valence-corrected chi connectivity index (χ2v) is 8.22. The fraction of sp³-hybridized carbons (Fsp3) is 0.208. The van der Waals surface area contributed by atoms with E-state index in [4.69, 9.17) is 9.47 Å². The lowest BCUT2D eigenvalue weighted by Crippen LogP contribution is -2.42. The zero-order valence-corrected chi connectivity index (χ0v) is 18.0. The fourth-order valence-electron chi connectivity index (χ4n) is 4.14. The van der Waals surface area contributed by atoms with Crippen LogP contribution in [0.3, 0.4) is 0 Å². The molecule has 0 saturated heterocycles. The number of carbonyl (C=O) groups is 3. The smallest absolute Gasteiger partial charge is 0.326 e. The van der Waals surface area contributed by atoms with Gasteiger partial charge >= 0.3 is 11.9 Å². The minimum absolute atomic E-state index is 0.157. The summed E-state index contributed by atoms with van der Waals surface area (Å²) in [4.78, 5) is 38.7. The van der Waals surface area contributed by atoms with Gasteiger partial charge in [0.25, 0.3) is 0 Å². The Morgan fingerprint density at radius 3 is 2.43 bits per heavy atom. The Labute approximate surface area is 182 Å². The highest BCUT2D eigenvalue weighted by atomic mass is 79.9. The van der Waals surface area contributed by atoms with Crippen molar-refractivity contribution in [3.63, 3.8) is 0 Å². The maximum Gasteiger partial charge on any atom is 0.326 e. The molecule has 0 aliphatic carbocycles. The molecular formula is C24H19BrO5. The first-order valence-electron chi connectivity index (χ1n) is 9.53. The Morgan fingerprint density at radius 2 is 1.73 bits per heavy atom. The summed E-state index contributed by atoms with van der Waals surface area (Å²) in [6, 6.07) is 18.2. The largest absolute Gasteiger partial charge is 0.468 e. The molecule has 1 aliphatic rings. The Balaban J connectivity index is 1.90. The van der Waals surface area contributed by atoms with Crippen LogP contribution in [0.2, 0.25) is 0 Å². The van der Waals surface area contributed by atoms with E-state index in [-0.39, 0.29) is 5.78 Å². The number of fused-ring (bicyclic) bond motifs is 3. The average Bonchev–Trinajstić information content (AvgIpc) is 2.77. The summed E-state index contributed by atoms with van der Waals surface area (Å²) in [6.07, 6.45) is 0. The Kier molecular flexibility index (Phi) is 5.43. The predicted octanol–water partition coefficient (Wildman–Crippen LogP) is 4.91. The molecule has 30 heavy (non-hydrogen) atoms. The fourth-order valence-corrected chi connectivity index (χ4v) is 4.41. The third-order valence-corrected chi connectivity index (χ3v) is 6.15. The summed E-state index contributed by atoms with van der Waals surface area (Å²) in [5.74, 6) is -3.79.